The summed E-state index contributed by atoms with van der Waals surface area (Å²) in [5.41, 5.74) is 0.690. The monoisotopic (exact) mass is 274 g/mol. The quantitative estimate of drug-likeness (QED) is 0.666. The maximum absolute atomic E-state index is 10.4. The Kier molecular flexibility index (Phi) is 5.83. The van der Waals surface area contributed by atoms with Gasteiger partial charge in [0, 0.05) is 13.1 Å². The molecule has 2 aromatic rings. The molecule has 20 heavy (non-hydrogen) atoms. The molecular formula is C14H14N2O4. The van der Waals surface area contributed by atoms with E-state index in [4.69, 9.17) is 9.84 Å². The molecule has 0 saturated heterocycles. The normalized spacial score (nSPS) is 9.10. The molecule has 6 nitrogen and oxygen atoms in total. The van der Waals surface area contributed by atoms with Crippen LogP contribution in [-0.4, -0.2) is 27.0 Å². The number of ether oxygens (including phenoxy) is 1. The Morgan fingerprint density at radius 1 is 1.10 bits per heavy atom. The van der Waals surface area contributed by atoms with E-state index in [1.165, 1.54) is 19.3 Å². The van der Waals surface area contributed by atoms with Gasteiger partial charge in [0.05, 0.1) is 11.9 Å². The highest BCUT2D eigenvalue weighted by molar-refractivity contribution is 5.84. The molecule has 0 fully saturated rings. The maximum atomic E-state index is 10.4. The number of aryl methyl sites for hydroxylation is 1. The van der Waals surface area contributed by atoms with Crippen LogP contribution in [-0.2, 0) is 4.79 Å². The van der Waals surface area contributed by atoms with E-state index in [9.17, 15) is 9.59 Å². The van der Waals surface area contributed by atoms with Crippen LogP contribution in [0.25, 0.3) is 0 Å². The van der Waals surface area contributed by atoms with Crippen molar-refractivity contribution >= 4 is 11.9 Å². The molecule has 6 heteroatoms. The number of benzene rings is 1. The summed E-state index contributed by atoms with van der Waals surface area (Å²) < 4.78 is 4.78. The Morgan fingerprint density at radius 3 is 2.20 bits per heavy atom. The van der Waals surface area contributed by atoms with Gasteiger partial charge in [-0.25, -0.2) is 9.78 Å². The third-order valence-corrected chi connectivity index (χ3v) is 2.00. The lowest BCUT2D eigenvalue weighted by Gasteiger charge is -1.97. The zero-order valence-corrected chi connectivity index (χ0v) is 11.1. The van der Waals surface area contributed by atoms with Crippen molar-refractivity contribution in [3.05, 3.63) is 54.1 Å². The molecule has 0 atom stereocenters. The second kappa shape index (κ2) is 7.63. The predicted molar refractivity (Wildman–Crippen MR) is 71.5 cm³/mol. The minimum atomic E-state index is -1.05. The van der Waals surface area contributed by atoms with Crippen molar-refractivity contribution in [3.63, 3.8) is 0 Å². The molecule has 0 amide bonds. The van der Waals surface area contributed by atoms with Crippen molar-refractivity contribution in [2.75, 3.05) is 0 Å². The fourth-order valence-electron chi connectivity index (χ4n) is 1.16. The molecular weight excluding hydrogens is 260 g/mol. The first kappa shape index (κ1) is 15.3. The lowest BCUT2D eigenvalue weighted by Crippen LogP contribution is -2.00. The van der Waals surface area contributed by atoms with Gasteiger partial charge in [-0.1, -0.05) is 18.2 Å². The average Bonchev–Trinajstić information content (AvgIpc) is 2.40. The number of nitrogens with zero attached hydrogens (tertiary/aromatic N) is 2. The SMILES string of the molecule is CC(=O)Oc1ccccc1.Cc1cnc(C(=O)O)cn1. The fourth-order valence-corrected chi connectivity index (χ4v) is 1.16. The van der Waals surface area contributed by atoms with Crippen molar-refractivity contribution in [2.24, 2.45) is 0 Å². The number of esters is 1. The number of aromatic carboxylic acids is 1. The molecule has 104 valence electrons. The highest BCUT2D eigenvalue weighted by atomic mass is 16.5. The minimum absolute atomic E-state index is 0.0226. The fraction of sp³-hybridized carbons (Fsp3) is 0.143. The Morgan fingerprint density at radius 2 is 1.75 bits per heavy atom. The van der Waals surface area contributed by atoms with Crippen molar-refractivity contribution in [3.8, 4) is 5.75 Å². The molecule has 0 unspecified atom stereocenters. The van der Waals surface area contributed by atoms with Gasteiger partial charge in [0.2, 0.25) is 0 Å². The predicted octanol–water partition coefficient (Wildman–Crippen LogP) is 2.10. The lowest BCUT2D eigenvalue weighted by molar-refractivity contribution is -0.131. The van der Waals surface area contributed by atoms with Gasteiger partial charge < -0.3 is 9.84 Å². The standard InChI is InChI=1S/C8H8O2.C6H6N2O2/c1-7(9)10-8-5-3-2-4-6-8;1-4-2-8-5(3-7-4)6(9)10/h2-6H,1H3;2-3H,1H3,(H,9,10). The van der Waals surface area contributed by atoms with E-state index >= 15 is 0 Å². The van der Waals surface area contributed by atoms with Gasteiger partial charge >= 0.3 is 11.9 Å². The molecule has 0 saturated carbocycles. The summed E-state index contributed by atoms with van der Waals surface area (Å²) in [6, 6.07) is 8.98. The highest BCUT2D eigenvalue weighted by Crippen LogP contribution is 2.07. The average molecular weight is 274 g/mol. The van der Waals surface area contributed by atoms with Gasteiger partial charge in [0.1, 0.15) is 5.75 Å². The van der Waals surface area contributed by atoms with Crippen molar-refractivity contribution < 1.29 is 19.4 Å². The molecule has 2 rings (SSSR count). The Balaban J connectivity index is 0.000000200. The molecule has 0 spiro atoms. The molecule has 1 heterocycles. The molecule has 0 bridgehead atoms. The van der Waals surface area contributed by atoms with E-state index in [1.54, 1.807) is 19.1 Å². The van der Waals surface area contributed by atoms with Crippen molar-refractivity contribution in [1.29, 1.82) is 0 Å². The lowest BCUT2D eigenvalue weighted by atomic mass is 10.3. The zero-order chi connectivity index (χ0) is 15.0. The third-order valence-electron chi connectivity index (χ3n) is 2.00. The summed E-state index contributed by atoms with van der Waals surface area (Å²) in [6.07, 6.45) is 2.65. The first-order valence-electron chi connectivity index (χ1n) is 5.74. The van der Waals surface area contributed by atoms with Crippen LogP contribution in [0.3, 0.4) is 0 Å². The molecule has 0 aliphatic heterocycles. The first-order valence-corrected chi connectivity index (χ1v) is 5.74. The van der Waals surface area contributed by atoms with Gasteiger partial charge in [-0.2, -0.15) is 0 Å². The number of rotatable bonds is 2. The number of aromatic nitrogens is 2. The zero-order valence-electron chi connectivity index (χ0n) is 11.1. The summed E-state index contributed by atoms with van der Waals surface area (Å²) in [5.74, 6) is -0.742. The molecule has 0 radical (unpaired) electrons. The number of carbonyl (C=O) groups is 2. The summed E-state index contributed by atoms with van der Waals surface area (Å²) >= 11 is 0. The van der Waals surface area contributed by atoms with E-state index in [2.05, 4.69) is 9.97 Å². The van der Waals surface area contributed by atoms with Crippen molar-refractivity contribution in [1.82, 2.24) is 9.97 Å². The largest absolute Gasteiger partial charge is 0.476 e. The molecule has 0 aliphatic carbocycles. The summed E-state index contributed by atoms with van der Waals surface area (Å²) in [6.45, 7) is 3.13. The van der Waals surface area contributed by atoms with E-state index in [0.717, 1.165) is 0 Å². The number of para-hydroxylation sites is 1. The van der Waals surface area contributed by atoms with Crippen LogP contribution in [0.15, 0.2) is 42.7 Å². The van der Waals surface area contributed by atoms with Gasteiger partial charge in [-0.05, 0) is 19.1 Å². The number of hydrogen-bond donors (Lipinski definition) is 1. The topological polar surface area (TPSA) is 89.4 Å². The van der Waals surface area contributed by atoms with Crippen LogP contribution in [0.5, 0.6) is 5.75 Å². The Bertz CT molecular complexity index is 567. The van der Waals surface area contributed by atoms with Crippen LogP contribution in [0.1, 0.15) is 23.1 Å². The van der Waals surface area contributed by atoms with Crippen LogP contribution < -0.4 is 4.74 Å². The van der Waals surface area contributed by atoms with Crippen molar-refractivity contribution in [2.45, 2.75) is 13.8 Å². The van der Waals surface area contributed by atoms with Gasteiger partial charge in [0.15, 0.2) is 5.69 Å². The maximum Gasteiger partial charge on any atom is 0.356 e. The van der Waals surface area contributed by atoms with Crippen LogP contribution >= 0.6 is 0 Å². The highest BCUT2D eigenvalue weighted by Gasteiger charge is 2.01. The minimum Gasteiger partial charge on any atom is -0.476 e. The second-order valence-corrected chi connectivity index (χ2v) is 3.75. The van der Waals surface area contributed by atoms with Crippen LogP contribution in [0, 0.1) is 6.92 Å². The van der Waals surface area contributed by atoms with Gasteiger partial charge in [-0.15, -0.1) is 0 Å². The summed E-state index contributed by atoms with van der Waals surface area (Å²) in [7, 11) is 0. The molecule has 1 aromatic heterocycles. The molecule has 1 aromatic carbocycles. The number of carboxylic acid groups (broad SMARTS) is 1. The second-order valence-electron chi connectivity index (χ2n) is 3.75. The molecule has 0 aliphatic rings. The third kappa shape index (κ3) is 5.72. The number of carboxylic acids is 1. The van der Waals surface area contributed by atoms with Crippen LogP contribution in [0.4, 0.5) is 0 Å². The number of carbonyl (C=O) groups excluding carboxylic acids is 1. The van der Waals surface area contributed by atoms with E-state index < -0.39 is 5.97 Å². The van der Waals surface area contributed by atoms with E-state index in [-0.39, 0.29) is 11.7 Å². The summed E-state index contributed by atoms with van der Waals surface area (Å²) in [5, 5.41) is 8.37. The summed E-state index contributed by atoms with van der Waals surface area (Å²) in [4.78, 5) is 28.0. The van der Waals surface area contributed by atoms with Crippen LogP contribution in [0.2, 0.25) is 0 Å². The number of hydrogen-bond acceptors (Lipinski definition) is 5. The Hall–Kier alpha value is -2.76. The van der Waals surface area contributed by atoms with E-state index in [0.29, 0.717) is 11.4 Å². The van der Waals surface area contributed by atoms with Gasteiger partial charge in [0.25, 0.3) is 0 Å². The van der Waals surface area contributed by atoms with Gasteiger partial charge in [-0.3, -0.25) is 9.78 Å². The molecule has 1 N–H and O–H groups in total. The smallest absolute Gasteiger partial charge is 0.356 e. The Labute approximate surface area is 116 Å². The van der Waals surface area contributed by atoms with E-state index in [1.807, 2.05) is 18.2 Å². The first-order chi connectivity index (χ1) is 9.49.